The van der Waals surface area contributed by atoms with Crippen LogP contribution in [0.4, 0.5) is 0 Å². The van der Waals surface area contributed by atoms with Crippen LogP contribution in [0.2, 0.25) is 0 Å². The van der Waals surface area contributed by atoms with Gasteiger partial charge in [0.1, 0.15) is 6.29 Å². The number of carbonyl (C=O) groups excluding carboxylic acids is 1. The van der Waals surface area contributed by atoms with Gasteiger partial charge in [0, 0.05) is 18.2 Å². The summed E-state index contributed by atoms with van der Waals surface area (Å²) < 4.78 is 0. The van der Waals surface area contributed by atoms with Crippen molar-refractivity contribution in [2.45, 2.75) is 71.1 Å². The van der Waals surface area contributed by atoms with Crippen LogP contribution in [0.1, 0.15) is 70.3 Å². The minimum Gasteiger partial charge on any atom is -0.859 e. The molecule has 0 amide bonds. The lowest BCUT2D eigenvalue weighted by Crippen LogP contribution is -2.06. The van der Waals surface area contributed by atoms with Gasteiger partial charge in [-0.05, 0) is 49.5 Å². The van der Waals surface area contributed by atoms with Crippen LogP contribution in [0, 0.1) is 11.8 Å². The van der Waals surface area contributed by atoms with Crippen LogP contribution in [-0.2, 0) is 16.0 Å². The molecule has 1 heterocycles. The molecule has 0 unspecified atom stereocenters. The fourth-order valence-corrected chi connectivity index (χ4v) is 3.24. The van der Waals surface area contributed by atoms with E-state index in [1.807, 2.05) is 13.0 Å². The molecule has 1 N–H and O–H groups in total. The average Bonchev–Trinajstić information content (AvgIpc) is 2.65. The van der Waals surface area contributed by atoms with Crippen molar-refractivity contribution in [2.75, 3.05) is 0 Å². The number of allylic oxidation sites excluding steroid dienone is 1. The number of aliphatic carboxylic acids is 1. The summed E-state index contributed by atoms with van der Waals surface area (Å²) >= 11 is 0. The number of rotatable bonds is 15. The van der Waals surface area contributed by atoms with Gasteiger partial charge in [-0.15, -0.1) is 0 Å². The Kier molecular flexibility index (Phi) is 11.8. The summed E-state index contributed by atoms with van der Waals surface area (Å²) in [6.45, 7) is 1.96. The van der Waals surface area contributed by atoms with E-state index in [9.17, 15) is 14.7 Å². The van der Waals surface area contributed by atoms with Gasteiger partial charge in [-0.25, -0.2) is 4.79 Å². The first kappa shape index (κ1) is 22.9. The third-order valence-corrected chi connectivity index (χ3v) is 4.82. The van der Waals surface area contributed by atoms with Gasteiger partial charge in [0.2, 0.25) is 0 Å². The van der Waals surface area contributed by atoms with Gasteiger partial charge in [0.25, 0.3) is 0 Å². The van der Waals surface area contributed by atoms with Crippen LogP contribution in [0.5, 0.6) is 5.88 Å². The predicted molar refractivity (Wildman–Crippen MR) is 104 cm³/mol. The first-order valence-electron chi connectivity index (χ1n) is 9.98. The number of aldehydes is 1. The number of unbranched alkanes of at least 4 members (excludes halogenated alkanes) is 4. The van der Waals surface area contributed by atoms with Gasteiger partial charge in [-0.1, -0.05) is 57.2 Å². The minimum absolute atomic E-state index is 0.160. The molecule has 5 nitrogen and oxygen atoms in total. The molecule has 0 aliphatic rings. The van der Waals surface area contributed by atoms with Crippen LogP contribution in [-0.4, -0.2) is 22.3 Å². The molecule has 0 bridgehead atoms. The summed E-state index contributed by atoms with van der Waals surface area (Å²) in [5.41, 5.74) is 1.08. The lowest BCUT2D eigenvalue weighted by atomic mass is 9.89. The molecule has 1 rings (SSSR count). The van der Waals surface area contributed by atoms with Gasteiger partial charge in [-0.3, -0.25) is 4.98 Å². The minimum atomic E-state index is -0.903. The van der Waals surface area contributed by atoms with Gasteiger partial charge in [0.15, 0.2) is 0 Å². The maximum atomic E-state index is 11.2. The number of nitrogens with zero attached hydrogens (tertiary/aromatic N) is 1. The van der Waals surface area contributed by atoms with Gasteiger partial charge >= 0.3 is 5.97 Å². The highest BCUT2D eigenvalue weighted by molar-refractivity contribution is 5.79. The van der Waals surface area contributed by atoms with Crippen LogP contribution in [0.3, 0.4) is 0 Å². The molecule has 0 aliphatic heterocycles. The van der Waals surface area contributed by atoms with Crippen LogP contribution in [0.15, 0.2) is 30.5 Å². The smallest absolute Gasteiger partial charge is 0.327 e. The maximum absolute atomic E-state index is 11.2. The van der Waals surface area contributed by atoms with E-state index in [1.165, 1.54) is 18.6 Å². The Morgan fingerprint density at radius 1 is 1.15 bits per heavy atom. The van der Waals surface area contributed by atoms with E-state index in [2.05, 4.69) is 4.98 Å². The van der Waals surface area contributed by atoms with E-state index in [4.69, 9.17) is 5.11 Å². The highest BCUT2D eigenvalue weighted by atomic mass is 16.4. The number of carboxylic acids is 1. The molecule has 2 atom stereocenters. The Balaban J connectivity index is 2.38. The quantitative estimate of drug-likeness (QED) is 0.281. The molecular weight excluding hydrogens is 342 g/mol. The second kappa shape index (κ2) is 14.0. The summed E-state index contributed by atoms with van der Waals surface area (Å²) in [4.78, 5) is 25.0. The van der Waals surface area contributed by atoms with E-state index >= 15 is 0 Å². The van der Waals surface area contributed by atoms with Crippen molar-refractivity contribution < 1.29 is 19.8 Å². The first-order valence-corrected chi connectivity index (χ1v) is 9.98. The standard InChI is InChI=1S/C22H33NO4/c1-18(17-24)9-5-2-3-6-10-19(11-7-4-8-12-22(26)27)15-20-13-14-21(25)23-16-20/h8,12-14,16-19H,2-7,9-11,15H2,1H3,(H,23,25)(H,26,27)/p-1/b12-8+/t18-,19+/m0/s1. The second-order valence-electron chi connectivity index (χ2n) is 7.35. The summed E-state index contributed by atoms with van der Waals surface area (Å²) in [7, 11) is 0. The highest BCUT2D eigenvalue weighted by Crippen LogP contribution is 2.22. The molecular formula is C22H32NO4-. The van der Waals surface area contributed by atoms with Crippen molar-refractivity contribution in [1.82, 2.24) is 4.98 Å². The third-order valence-electron chi connectivity index (χ3n) is 4.82. The van der Waals surface area contributed by atoms with Crippen LogP contribution >= 0.6 is 0 Å². The monoisotopic (exact) mass is 374 g/mol. The average molecular weight is 375 g/mol. The van der Waals surface area contributed by atoms with Crippen molar-refractivity contribution in [3.8, 4) is 5.88 Å². The number of carbonyl (C=O) groups is 2. The molecule has 0 saturated carbocycles. The van der Waals surface area contributed by atoms with E-state index < -0.39 is 5.97 Å². The molecule has 1 aromatic rings. The number of hydrogen-bond donors (Lipinski definition) is 1. The lowest BCUT2D eigenvalue weighted by Gasteiger charge is -2.17. The van der Waals surface area contributed by atoms with Crippen molar-refractivity contribution in [3.05, 3.63) is 36.0 Å². The number of hydrogen-bond acceptors (Lipinski definition) is 4. The largest absolute Gasteiger partial charge is 0.859 e. The fourth-order valence-electron chi connectivity index (χ4n) is 3.24. The van der Waals surface area contributed by atoms with Gasteiger partial charge in [-0.2, -0.15) is 0 Å². The Hall–Kier alpha value is -2.17. The van der Waals surface area contributed by atoms with Crippen LogP contribution in [0.25, 0.3) is 0 Å². The van der Waals surface area contributed by atoms with Crippen LogP contribution < -0.4 is 5.11 Å². The molecule has 0 saturated heterocycles. The molecule has 27 heavy (non-hydrogen) atoms. The zero-order valence-electron chi connectivity index (χ0n) is 16.3. The summed E-state index contributed by atoms with van der Waals surface area (Å²) in [5, 5.41) is 19.8. The third kappa shape index (κ3) is 11.9. The zero-order chi connectivity index (χ0) is 19.9. The number of aromatic nitrogens is 1. The molecule has 150 valence electrons. The Morgan fingerprint density at radius 3 is 2.48 bits per heavy atom. The number of pyridine rings is 1. The summed E-state index contributed by atoms with van der Waals surface area (Å²) in [6, 6.07) is 3.36. The molecule has 0 spiro atoms. The SMILES string of the molecule is C[C@H](C=O)CCCCCC[C@H](CCC/C=C/C(=O)O)Cc1ccc([O-])nc1. The zero-order valence-corrected chi connectivity index (χ0v) is 16.3. The molecule has 0 aromatic carbocycles. The van der Waals surface area contributed by atoms with Crippen molar-refractivity contribution >= 4 is 12.3 Å². The Labute approximate surface area is 162 Å². The van der Waals surface area contributed by atoms with E-state index in [1.54, 1.807) is 12.3 Å². The molecule has 5 heteroatoms. The van der Waals surface area contributed by atoms with Crippen molar-refractivity contribution in [1.29, 1.82) is 0 Å². The molecule has 0 fully saturated rings. The van der Waals surface area contributed by atoms with E-state index in [0.717, 1.165) is 69.6 Å². The molecule has 0 radical (unpaired) electrons. The Bertz CT molecular complexity index is 568. The lowest BCUT2D eigenvalue weighted by molar-refractivity contribution is -0.275. The molecule has 1 aromatic heterocycles. The predicted octanol–water partition coefficient (Wildman–Crippen LogP) is 4.30. The molecule has 0 aliphatic carbocycles. The fraction of sp³-hybridized carbons (Fsp3) is 0.591. The maximum Gasteiger partial charge on any atom is 0.327 e. The first-order chi connectivity index (χ1) is 13.0. The van der Waals surface area contributed by atoms with E-state index in [-0.39, 0.29) is 11.8 Å². The van der Waals surface area contributed by atoms with Gasteiger partial charge < -0.3 is 15.0 Å². The Morgan fingerprint density at radius 2 is 1.85 bits per heavy atom. The van der Waals surface area contributed by atoms with E-state index in [0.29, 0.717) is 5.92 Å². The second-order valence-corrected chi connectivity index (χ2v) is 7.35. The topological polar surface area (TPSA) is 90.3 Å². The van der Waals surface area contributed by atoms with Crippen molar-refractivity contribution in [2.24, 2.45) is 11.8 Å². The summed E-state index contributed by atoms with van der Waals surface area (Å²) in [5.74, 6) is -0.442. The highest BCUT2D eigenvalue weighted by Gasteiger charge is 2.10. The van der Waals surface area contributed by atoms with Crippen molar-refractivity contribution in [3.63, 3.8) is 0 Å². The van der Waals surface area contributed by atoms with Gasteiger partial charge in [0.05, 0.1) is 0 Å². The summed E-state index contributed by atoms with van der Waals surface area (Å²) in [6.07, 6.45) is 15.9. The number of carboxylic acid groups (broad SMARTS) is 1. The normalized spacial score (nSPS) is 13.5.